The average molecular weight is 300 g/mol. The summed E-state index contributed by atoms with van der Waals surface area (Å²) in [5, 5.41) is 9.57. The molecule has 1 aromatic carbocycles. The maximum Gasteiger partial charge on any atom is 0.0968 e. The van der Waals surface area contributed by atoms with E-state index in [0.29, 0.717) is 22.7 Å². The first-order chi connectivity index (χ1) is 7.60. The normalized spacial score (nSPS) is 11.9. The molecule has 2 N–H and O–H groups in total. The number of hydrogen-bond acceptors (Lipinski definition) is 2. The molecule has 0 atom stereocenters. The number of allylic oxidation sites excluding steroid dienone is 1. The van der Waals surface area contributed by atoms with Crippen LogP contribution in [0.4, 0.5) is 0 Å². The van der Waals surface area contributed by atoms with Crippen LogP contribution in [0.2, 0.25) is 5.02 Å². The Balaban J connectivity index is 3.17. The van der Waals surface area contributed by atoms with E-state index in [9.17, 15) is 0 Å². The molecule has 0 radical (unpaired) electrons. The van der Waals surface area contributed by atoms with Crippen LogP contribution >= 0.6 is 27.5 Å². The zero-order chi connectivity index (χ0) is 12.1. The Labute approximate surface area is 109 Å². The Morgan fingerprint density at radius 1 is 1.56 bits per heavy atom. The maximum atomic E-state index is 8.98. The molecule has 0 fully saturated rings. The van der Waals surface area contributed by atoms with Gasteiger partial charge in [0.15, 0.2) is 0 Å². The molecule has 1 rings (SSSR count). The minimum atomic E-state index is 0.513. The highest BCUT2D eigenvalue weighted by molar-refractivity contribution is 9.10. The smallest absolute Gasteiger partial charge is 0.0968 e. The topological polar surface area (TPSA) is 49.8 Å². The molecule has 0 amide bonds. The molecular formula is C12H12BrClN2. The lowest BCUT2D eigenvalue weighted by Crippen LogP contribution is -2.01. The monoisotopic (exact) mass is 298 g/mol. The van der Waals surface area contributed by atoms with Gasteiger partial charge in [0.1, 0.15) is 0 Å². The Morgan fingerprint density at radius 2 is 2.25 bits per heavy atom. The third-order valence-corrected chi connectivity index (χ3v) is 3.42. The summed E-state index contributed by atoms with van der Waals surface area (Å²) in [6.07, 6.45) is 1.59. The van der Waals surface area contributed by atoms with Gasteiger partial charge in [-0.1, -0.05) is 31.0 Å². The van der Waals surface area contributed by atoms with Crippen molar-refractivity contribution in [3.63, 3.8) is 0 Å². The SMILES string of the molecule is CCC/C(C#N)=C(/N)c1ccc(Br)c(Cl)c1. The lowest BCUT2D eigenvalue weighted by atomic mass is 10.0. The molecule has 0 spiro atoms. The molecule has 0 aromatic heterocycles. The van der Waals surface area contributed by atoms with Crippen LogP contribution in [-0.4, -0.2) is 0 Å². The Kier molecular flexibility index (Phi) is 4.85. The minimum absolute atomic E-state index is 0.513. The second-order valence-corrected chi connectivity index (χ2v) is 4.64. The quantitative estimate of drug-likeness (QED) is 0.854. The van der Waals surface area contributed by atoms with E-state index in [2.05, 4.69) is 22.0 Å². The summed E-state index contributed by atoms with van der Waals surface area (Å²) in [7, 11) is 0. The fraction of sp³-hybridized carbons (Fsp3) is 0.250. The third-order valence-electron chi connectivity index (χ3n) is 2.19. The van der Waals surface area contributed by atoms with Gasteiger partial charge >= 0.3 is 0 Å². The molecule has 0 unspecified atom stereocenters. The molecule has 84 valence electrons. The molecule has 2 nitrogen and oxygen atoms in total. The summed E-state index contributed by atoms with van der Waals surface area (Å²) in [6, 6.07) is 7.56. The predicted octanol–water partition coefficient (Wildman–Crippen LogP) is 4.10. The Morgan fingerprint density at radius 3 is 2.75 bits per heavy atom. The largest absolute Gasteiger partial charge is 0.397 e. The first-order valence-corrected chi connectivity index (χ1v) is 6.11. The van der Waals surface area contributed by atoms with Gasteiger partial charge in [0.05, 0.1) is 22.4 Å². The van der Waals surface area contributed by atoms with Crippen molar-refractivity contribution in [2.75, 3.05) is 0 Å². The van der Waals surface area contributed by atoms with Crippen LogP contribution in [0.15, 0.2) is 28.2 Å². The van der Waals surface area contributed by atoms with Gasteiger partial charge in [-0.3, -0.25) is 0 Å². The average Bonchev–Trinajstić information content (AvgIpc) is 2.28. The highest BCUT2D eigenvalue weighted by Gasteiger charge is 2.06. The third kappa shape index (κ3) is 3.01. The van der Waals surface area contributed by atoms with Gasteiger partial charge < -0.3 is 5.73 Å². The van der Waals surface area contributed by atoms with Crippen LogP contribution in [0.5, 0.6) is 0 Å². The summed E-state index contributed by atoms with van der Waals surface area (Å²) in [6.45, 7) is 2.01. The predicted molar refractivity (Wildman–Crippen MR) is 70.8 cm³/mol. The van der Waals surface area contributed by atoms with Crippen molar-refractivity contribution in [1.82, 2.24) is 0 Å². The van der Waals surface area contributed by atoms with Crippen molar-refractivity contribution in [2.45, 2.75) is 19.8 Å². The highest BCUT2D eigenvalue weighted by Crippen LogP contribution is 2.26. The summed E-state index contributed by atoms with van der Waals surface area (Å²) in [4.78, 5) is 0. The number of nitrogens with two attached hydrogens (primary N) is 1. The number of hydrogen-bond donors (Lipinski definition) is 1. The van der Waals surface area contributed by atoms with Crippen LogP contribution in [0.3, 0.4) is 0 Å². The van der Waals surface area contributed by atoms with Crippen molar-refractivity contribution in [1.29, 1.82) is 5.26 Å². The van der Waals surface area contributed by atoms with Crippen LogP contribution < -0.4 is 5.73 Å². The molecule has 0 saturated carbocycles. The van der Waals surface area contributed by atoms with Crippen molar-refractivity contribution in [2.24, 2.45) is 5.73 Å². The number of nitriles is 1. The first-order valence-electron chi connectivity index (χ1n) is 4.94. The molecule has 16 heavy (non-hydrogen) atoms. The zero-order valence-electron chi connectivity index (χ0n) is 8.93. The second kappa shape index (κ2) is 5.93. The number of halogens is 2. The van der Waals surface area contributed by atoms with E-state index in [1.807, 2.05) is 19.1 Å². The van der Waals surface area contributed by atoms with Gasteiger partial charge in [0.25, 0.3) is 0 Å². The fourth-order valence-corrected chi connectivity index (χ4v) is 1.77. The number of benzene rings is 1. The van der Waals surface area contributed by atoms with E-state index in [1.165, 1.54) is 0 Å². The molecule has 0 aliphatic rings. The first kappa shape index (κ1) is 13.1. The molecule has 0 bridgehead atoms. The summed E-state index contributed by atoms with van der Waals surface area (Å²) in [5.74, 6) is 0. The molecule has 4 heteroatoms. The van der Waals surface area contributed by atoms with E-state index >= 15 is 0 Å². The van der Waals surface area contributed by atoms with E-state index in [0.717, 1.165) is 16.5 Å². The van der Waals surface area contributed by atoms with Crippen LogP contribution in [0.25, 0.3) is 5.70 Å². The van der Waals surface area contributed by atoms with E-state index in [4.69, 9.17) is 22.6 Å². The van der Waals surface area contributed by atoms with Gasteiger partial charge in [0.2, 0.25) is 0 Å². The second-order valence-electron chi connectivity index (χ2n) is 3.38. The van der Waals surface area contributed by atoms with Gasteiger partial charge in [-0.2, -0.15) is 5.26 Å². The maximum absolute atomic E-state index is 8.98. The fourth-order valence-electron chi connectivity index (χ4n) is 1.34. The standard InChI is InChI=1S/C12H12BrClN2/c1-2-3-9(7-15)12(16)8-4-5-10(13)11(14)6-8/h4-6H,2-3,16H2,1H3/b12-9-. The molecular weight excluding hydrogens is 288 g/mol. The van der Waals surface area contributed by atoms with Gasteiger partial charge in [0, 0.05) is 4.47 Å². The zero-order valence-corrected chi connectivity index (χ0v) is 11.3. The number of rotatable bonds is 3. The molecule has 0 aliphatic carbocycles. The van der Waals surface area contributed by atoms with Gasteiger partial charge in [-0.15, -0.1) is 0 Å². The van der Waals surface area contributed by atoms with Crippen molar-refractivity contribution >= 4 is 33.2 Å². The summed E-state index contributed by atoms with van der Waals surface area (Å²) >= 11 is 9.28. The Hall–Kier alpha value is -0.980. The van der Waals surface area contributed by atoms with E-state index in [-0.39, 0.29) is 0 Å². The van der Waals surface area contributed by atoms with Crippen LogP contribution in [0, 0.1) is 11.3 Å². The van der Waals surface area contributed by atoms with Crippen molar-refractivity contribution in [3.8, 4) is 6.07 Å². The van der Waals surface area contributed by atoms with Gasteiger partial charge in [-0.25, -0.2) is 0 Å². The minimum Gasteiger partial charge on any atom is -0.397 e. The summed E-state index contributed by atoms with van der Waals surface area (Å²) < 4.78 is 0.819. The molecule has 0 saturated heterocycles. The lowest BCUT2D eigenvalue weighted by Gasteiger charge is -2.06. The van der Waals surface area contributed by atoms with E-state index < -0.39 is 0 Å². The van der Waals surface area contributed by atoms with Crippen LogP contribution in [0.1, 0.15) is 25.3 Å². The van der Waals surface area contributed by atoms with Crippen molar-refractivity contribution in [3.05, 3.63) is 38.8 Å². The molecule has 0 heterocycles. The summed E-state index contributed by atoms with van der Waals surface area (Å²) in [5.41, 5.74) is 7.85. The lowest BCUT2D eigenvalue weighted by molar-refractivity contribution is 0.929. The van der Waals surface area contributed by atoms with Gasteiger partial charge in [-0.05, 0) is 40.0 Å². The molecule has 0 aliphatic heterocycles. The Bertz CT molecular complexity index is 461. The van der Waals surface area contributed by atoms with Crippen molar-refractivity contribution < 1.29 is 0 Å². The number of nitrogens with zero attached hydrogens (tertiary/aromatic N) is 1. The van der Waals surface area contributed by atoms with E-state index in [1.54, 1.807) is 6.07 Å². The van der Waals surface area contributed by atoms with Crippen LogP contribution in [-0.2, 0) is 0 Å². The highest BCUT2D eigenvalue weighted by atomic mass is 79.9. The molecule has 1 aromatic rings.